The summed E-state index contributed by atoms with van der Waals surface area (Å²) in [6.45, 7) is 0. The number of anilines is 3. The fourth-order valence-electron chi connectivity index (χ4n) is 19.5. The molecule has 390 valence electrons. The Labute approximate surface area is 475 Å². The zero-order valence-electron chi connectivity index (χ0n) is 45.9. The maximum atomic E-state index is 2.86. The van der Waals surface area contributed by atoms with E-state index in [9.17, 15) is 0 Å². The largest absolute Gasteiger partial charge is 0.310 e. The standard InChI is InChI=1S/C79H64N2/c1-3-13-51(14-4-1)52-25-29-59(30-26-52)80(60-31-27-53(28-32-60)61-19-11-23-75-77(61)63-18-8-10-22-74(63)81(75)58-15-5-2-6-16-58)76-24-12-21-71-78(76)62-17-7-9-20-70(62)79(71)72-45-66-56-39-47-33-48(40-56)36-54(35-47)64(66)43-68(72)69-44-65-55-37-49-34-50(38-55)42-57(41-49)67(65)46-73(69)79/h1-32,43-50,54-57H,33-42H2. The van der Waals surface area contributed by atoms with Crippen molar-refractivity contribution in [2.24, 2.45) is 23.7 Å². The SMILES string of the molecule is c1ccc(-c2ccc(N(c3ccc(-c4cccc5c4c4ccccc4n5-c4ccccc4)cc3)c3cccc4c3-c3ccccc3C43c4cc5c(cc4-c4cc6c(cc43)C3CC4CC(CC6C4)C3)C3CC4CC(C3)CC5C4)cc2)cc1. The van der Waals surface area contributed by atoms with E-state index < -0.39 is 5.41 Å². The molecule has 4 unspecified atom stereocenters. The molecule has 1 heterocycles. The van der Waals surface area contributed by atoms with E-state index in [-0.39, 0.29) is 0 Å². The second-order valence-corrected chi connectivity index (χ2v) is 26.3. The molecule has 0 N–H and O–H groups in total. The van der Waals surface area contributed by atoms with Crippen LogP contribution in [0.4, 0.5) is 17.1 Å². The van der Waals surface area contributed by atoms with Gasteiger partial charge < -0.3 is 9.47 Å². The van der Waals surface area contributed by atoms with Crippen molar-refractivity contribution in [3.8, 4) is 50.2 Å². The van der Waals surface area contributed by atoms with Crippen LogP contribution in [0.2, 0.25) is 0 Å². The van der Waals surface area contributed by atoms with Gasteiger partial charge in [0.2, 0.25) is 0 Å². The lowest BCUT2D eigenvalue weighted by molar-refractivity contribution is 0.165. The molecule has 2 nitrogen and oxygen atoms in total. The Morgan fingerprint density at radius 1 is 0.333 bits per heavy atom. The van der Waals surface area contributed by atoms with Crippen LogP contribution < -0.4 is 4.90 Å². The molecule has 10 aliphatic rings. The molecule has 4 fully saturated rings. The Morgan fingerprint density at radius 2 is 0.802 bits per heavy atom. The Hall–Kier alpha value is -8.20. The van der Waals surface area contributed by atoms with Gasteiger partial charge in [0.05, 0.1) is 22.1 Å². The monoisotopic (exact) mass is 1040 g/mol. The van der Waals surface area contributed by atoms with E-state index in [0.29, 0.717) is 23.7 Å². The van der Waals surface area contributed by atoms with Crippen molar-refractivity contribution in [2.45, 2.75) is 93.3 Å². The minimum absolute atomic E-state index is 0.437. The molecular formula is C79H64N2. The number of rotatable bonds is 6. The average Bonchev–Trinajstić information content (AvgIpc) is 4.22. The third kappa shape index (κ3) is 6.40. The zero-order chi connectivity index (χ0) is 52.7. The van der Waals surface area contributed by atoms with Crippen LogP contribution in [0.1, 0.15) is 132 Å². The Kier molecular flexibility index (Phi) is 9.51. The van der Waals surface area contributed by atoms with Crippen molar-refractivity contribution >= 4 is 38.9 Å². The maximum absolute atomic E-state index is 2.86. The third-order valence-electron chi connectivity index (χ3n) is 22.2. The normalized spacial score (nSPS) is 25.3. The summed E-state index contributed by atoms with van der Waals surface area (Å²) in [5.41, 5.74) is 30.3. The molecule has 0 radical (unpaired) electrons. The van der Waals surface area contributed by atoms with Gasteiger partial charge in [-0.25, -0.2) is 0 Å². The first-order valence-corrected chi connectivity index (χ1v) is 30.8. The Balaban J connectivity index is 0.834. The quantitative estimate of drug-likeness (QED) is 0.161. The Bertz CT molecular complexity index is 4290. The van der Waals surface area contributed by atoms with Gasteiger partial charge in [0, 0.05) is 33.4 Å². The van der Waals surface area contributed by atoms with Crippen LogP contribution in [0, 0.1) is 23.7 Å². The first-order valence-electron chi connectivity index (χ1n) is 30.8. The van der Waals surface area contributed by atoms with E-state index in [1.165, 1.54) is 153 Å². The van der Waals surface area contributed by atoms with Crippen molar-refractivity contribution in [3.63, 3.8) is 0 Å². The van der Waals surface area contributed by atoms with Crippen LogP contribution in [0.25, 0.3) is 72.0 Å². The highest BCUT2D eigenvalue weighted by atomic mass is 15.1. The minimum atomic E-state index is -0.437. The Morgan fingerprint density at radius 3 is 1.42 bits per heavy atom. The van der Waals surface area contributed by atoms with Crippen LogP contribution in [-0.4, -0.2) is 4.57 Å². The van der Waals surface area contributed by atoms with Crippen molar-refractivity contribution in [2.75, 3.05) is 4.90 Å². The van der Waals surface area contributed by atoms with Crippen LogP contribution >= 0.6 is 0 Å². The second-order valence-electron chi connectivity index (χ2n) is 26.3. The summed E-state index contributed by atoms with van der Waals surface area (Å²) in [7, 11) is 0. The smallest absolute Gasteiger partial charge is 0.0726 e. The van der Waals surface area contributed by atoms with Gasteiger partial charge in [0.25, 0.3) is 0 Å². The van der Waals surface area contributed by atoms with E-state index >= 15 is 0 Å². The average molecular weight is 1040 g/mol. The number of fused-ring (bicyclic) bond motifs is 13. The van der Waals surface area contributed by atoms with Crippen molar-refractivity contribution in [3.05, 3.63) is 263 Å². The zero-order valence-corrected chi connectivity index (χ0v) is 45.9. The summed E-state index contributed by atoms with van der Waals surface area (Å²) in [5.74, 6) is 6.24. The minimum Gasteiger partial charge on any atom is -0.310 e. The molecule has 8 bridgehead atoms. The molecular weight excluding hydrogens is 977 g/mol. The van der Waals surface area contributed by atoms with Gasteiger partial charge in [-0.2, -0.15) is 0 Å². The lowest BCUT2D eigenvalue weighted by Gasteiger charge is -2.38. The topological polar surface area (TPSA) is 8.17 Å². The predicted molar refractivity (Wildman–Crippen MR) is 334 cm³/mol. The number of benzene rings is 10. The van der Waals surface area contributed by atoms with Crippen LogP contribution in [0.3, 0.4) is 0 Å². The second kappa shape index (κ2) is 16.9. The van der Waals surface area contributed by atoms with Gasteiger partial charge in [0.15, 0.2) is 0 Å². The van der Waals surface area contributed by atoms with Gasteiger partial charge in [-0.05, 0) is 250 Å². The van der Waals surface area contributed by atoms with Crippen LogP contribution in [0.5, 0.6) is 0 Å². The summed E-state index contributed by atoms with van der Waals surface area (Å²) in [6.07, 6.45) is 14.0. The molecule has 10 aromatic carbocycles. The van der Waals surface area contributed by atoms with E-state index in [1.54, 1.807) is 33.4 Å². The summed E-state index contributed by atoms with van der Waals surface area (Å²) in [6, 6.07) is 84.8. The lowest BCUT2D eigenvalue weighted by atomic mass is 9.66. The van der Waals surface area contributed by atoms with E-state index in [1.807, 2.05) is 0 Å². The number of hydrogen-bond acceptors (Lipinski definition) is 1. The number of nitrogens with zero attached hydrogens (tertiary/aromatic N) is 2. The molecule has 10 aliphatic carbocycles. The summed E-state index contributed by atoms with van der Waals surface area (Å²) >= 11 is 0. The van der Waals surface area contributed by atoms with E-state index in [0.717, 1.165) is 35.0 Å². The number of aromatic nitrogens is 1. The van der Waals surface area contributed by atoms with Gasteiger partial charge in [-0.1, -0.05) is 164 Å². The molecule has 4 saturated carbocycles. The molecule has 1 spiro atoms. The van der Waals surface area contributed by atoms with E-state index in [4.69, 9.17) is 0 Å². The molecule has 1 aromatic heterocycles. The van der Waals surface area contributed by atoms with Gasteiger partial charge >= 0.3 is 0 Å². The molecule has 81 heavy (non-hydrogen) atoms. The summed E-state index contributed by atoms with van der Waals surface area (Å²) < 4.78 is 2.43. The number of para-hydroxylation sites is 2. The van der Waals surface area contributed by atoms with Crippen LogP contribution in [-0.2, 0) is 5.41 Å². The lowest BCUT2D eigenvalue weighted by Crippen LogP contribution is -2.27. The van der Waals surface area contributed by atoms with Gasteiger partial charge in [-0.15, -0.1) is 0 Å². The molecule has 2 heteroatoms. The highest BCUT2D eigenvalue weighted by molar-refractivity contribution is 6.16. The molecule has 0 aliphatic heterocycles. The third-order valence-corrected chi connectivity index (χ3v) is 22.2. The number of hydrogen-bond donors (Lipinski definition) is 0. The van der Waals surface area contributed by atoms with Crippen molar-refractivity contribution < 1.29 is 0 Å². The van der Waals surface area contributed by atoms with Gasteiger partial charge in [0.1, 0.15) is 0 Å². The molecule has 21 rings (SSSR count). The van der Waals surface area contributed by atoms with Crippen LogP contribution in [0.15, 0.2) is 218 Å². The first kappa shape index (κ1) is 45.5. The fraction of sp³-hybridized carbons (Fsp3) is 0.241. The summed E-state index contributed by atoms with van der Waals surface area (Å²) in [5, 5.41) is 2.55. The molecule has 0 amide bonds. The first-order chi connectivity index (χ1) is 40.1. The maximum Gasteiger partial charge on any atom is 0.0726 e. The highest BCUT2D eigenvalue weighted by Crippen LogP contribution is 2.68. The van der Waals surface area contributed by atoms with Crippen molar-refractivity contribution in [1.82, 2.24) is 4.57 Å². The predicted octanol–water partition coefficient (Wildman–Crippen LogP) is 20.7. The molecule has 11 aromatic rings. The highest BCUT2D eigenvalue weighted by Gasteiger charge is 2.55. The van der Waals surface area contributed by atoms with Crippen molar-refractivity contribution in [1.29, 1.82) is 0 Å². The molecule has 0 saturated heterocycles. The van der Waals surface area contributed by atoms with Gasteiger partial charge in [-0.3, -0.25) is 0 Å². The van der Waals surface area contributed by atoms with E-state index in [2.05, 4.69) is 228 Å². The summed E-state index contributed by atoms with van der Waals surface area (Å²) in [4.78, 5) is 2.59. The molecule has 4 atom stereocenters. The fourth-order valence-corrected chi connectivity index (χ4v) is 19.5.